The van der Waals surface area contributed by atoms with Crippen molar-refractivity contribution in [3.63, 3.8) is 0 Å². The first-order valence-corrected chi connectivity index (χ1v) is 11.0. The molecule has 158 valence electrons. The third-order valence-corrected chi connectivity index (χ3v) is 5.86. The van der Waals surface area contributed by atoms with Gasteiger partial charge in [0.1, 0.15) is 0 Å². The quantitative estimate of drug-likeness (QED) is 0.560. The molecule has 4 rings (SSSR count). The molecule has 3 aromatic rings. The number of carbonyl (C=O) groups is 2. The van der Waals surface area contributed by atoms with Gasteiger partial charge in [-0.05, 0) is 42.2 Å². The van der Waals surface area contributed by atoms with Crippen LogP contribution in [0.25, 0.3) is 0 Å². The van der Waals surface area contributed by atoms with E-state index in [1.165, 1.54) is 19.3 Å². The fourth-order valence-corrected chi connectivity index (χ4v) is 4.25. The number of benzene rings is 3. The van der Waals surface area contributed by atoms with Gasteiger partial charge in [-0.15, -0.1) is 0 Å². The normalized spacial score (nSPS) is 14.2. The van der Waals surface area contributed by atoms with Crippen molar-refractivity contribution in [1.82, 2.24) is 5.32 Å². The highest BCUT2D eigenvalue weighted by atomic mass is 16.2. The summed E-state index contributed by atoms with van der Waals surface area (Å²) in [6, 6.07) is 26.9. The molecule has 4 heteroatoms. The third-order valence-electron chi connectivity index (χ3n) is 5.86. The molecule has 3 aromatic carbocycles. The number of rotatable bonds is 6. The molecule has 0 saturated heterocycles. The molecule has 1 aliphatic rings. The number of amides is 2. The van der Waals surface area contributed by atoms with Crippen molar-refractivity contribution in [3.8, 4) is 0 Å². The Balaban J connectivity index is 1.51. The second kappa shape index (κ2) is 10.1. The van der Waals surface area contributed by atoms with E-state index < -0.39 is 5.92 Å². The van der Waals surface area contributed by atoms with E-state index in [0.717, 1.165) is 24.0 Å². The second-order valence-electron chi connectivity index (χ2n) is 8.13. The van der Waals surface area contributed by atoms with E-state index >= 15 is 0 Å². The minimum Gasteiger partial charge on any atom is -0.349 e. The molecule has 2 N–H and O–H groups in total. The van der Waals surface area contributed by atoms with Crippen LogP contribution in [0.1, 0.15) is 59.5 Å². The fraction of sp³-hybridized carbons (Fsp3) is 0.259. The summed E-state index contributed by atoms with van der Waals surface area (Å²) in [5, 5.41) is 6.16. The highest BCUT2D eigenvalue weighted by Gasteiger charge is 2.23. The van der Waals surface area contributed by atoms with Crippen LogP contribution in [0.2, 0.25) is 0 Å². The van der Waals surface area contributed by atoms with Crippen LogP contribution < -0.4 is 10.6 Å². The first-order chi connectivity index (χ1) is 15.2. The van der Waals surface area contributed by atoms with Crippen LogP contribution in [0.3, 0.4) is 0 Å². The maximum Gasteiger partial charge on any atom is 0.251 e. The Kier molecular flexibility index (Phi) is 6.78. The van der Waals surface area contributed by atoms with Gasteiger partial charge >= 0.3 is 0 Å². The van der Waals surface area contributed by atoms with E-state index in [1.807, 2.05) is 72.8 Å². The Morgan fingerprint density at radius 2 is 1.35 bits per heavy atom. The van der Waals surface area contributed by atoms with E-state index in [1.54, 1.807) is 12.1 Å². The SMILES string of the molecule is O=C(NC1CCCCC1)c1cccc(NC(=O)C(c2ccccc2)c2ccccc2)c1. The van der Waals surface area contributed by atoms with Gasteiger partial charge in [-0.1, -0.05) is 86.0 Å². The maximum atomic E-state index is 13.3. The van der Waals surface area contributed by atoms with Crippen molar-refractivity contribution in [2.75, 3.05) is 5.32 Å². The lowest BCUT2D eigenvalue weighted by Gasteiger charge is -2.23. The molecule has 0 aliphatic heterocycles. The summed E-state index contributed by atoms with van der Waals surface area (Å²) in [4.78, 5) is 26.0. The van der Waals surface area contributed by atoms with Gasteiger partial charge in [0.15, 0.2) is 0 Å². The lowest BCUT2D eigenvalue weighted by atomic mass is 9.90. The zero-order valence-corrected chi connectivity index (χ0v) is 17.6. The van der Waals surface area contributed by atoms with Gasteiger partial charge in [0.05, 0.1) is 5.92 Å². The molecule has 0 radical (unpaired) electrons. The van der Waals surface area contributed by atoms with E-state index in [2.05, 4.69) is 10.6 Å². The van der Waals surface area contributed by atoms with Crippen molar-refractivity contribution >= 4 is 17.5 Å². The van der Waals surface area contributed by atoms with Crippen LogP contribution in [0.4, 0.5) is 5.69 Å². The van der Waals surface area contributed by atoms with Gasteiger partial charge in [-0.2, -0.15) is 0 Å². The van der Waals surface area contributed by atoms with Crippen LogP contribution in [0, 0.1) is 0 Å². The molecule has 1 fully saturated rings. The molecule has 0 spiro atoms. The zero-order chi connectivity index (χ0) is 21.5. The number of carbonyl (C=O) groups excluding carboxylic acids is 2. The molecular weight excluding hydrogens is 384 g/mol. The van der Waals surface area contributed by atoms with Crippen molar-refractivity contribution in [1.29, 1.82) is 0 Å². The number of hydrogen-bond acceptors (Lipinski definition) is 2. The van der Waals surface area contributed by atoms with Crippen LogP contribution in [-0.4, -0.2) is 17.9 Å². The standard InChI is InChI=1S/C27H28N2O2/c30-26(28-23-16-8-3-9-17-23)22-15-10-18-24(19-22)29-27(31)25(20-11-4-1-5-12-20)21-13-6-2-7-14-21/h1-2,4-7,10-15,18-19,23,25H,3,8-9,16-17H2,(H,28,30)(H,29,31). The summed E-state index contributed by atoms with van der Waals surface area (Å²) in [6.45, 7) is 0. The predicted molar refractivity (Wildman–Crippen MR) is 124 cm³/mol. The predicted octanol–water partition coefficient (Wildman–Crippen LogP) is 5.52. The van der Waals surface area contributed by atoms with Crippen molar-refractivity contribution in [3.05, 3.63) is 102 Å². The fourth-order valence-electron chi connectivity index (χ4n) is 4.25. The van der Waals surface area contributed by atoms with Gasteiger partial charge in [0.25, 0.3) is 5.91 Å². The first-order valence-electron chi connectivity index (χ1n) is 11.0. The molecule has 1 saturated carbocycles. The molecular formula is C27H28N2O2. The Morgan fingerprint density at radius 3 is 1.97 bits per heavy atom. The third kappa shape index (κ3) is 5.40. The Labute approximate surface area is 183 Å². The topological polar surface area (TPSA) is 58.2 Å². The Morgan fingerprint density at radius 1 is 0.742 bits per heavy atom. The Bertz CT molecular complexity index is 972. The molecule has 0 heterocycles. The van der Waals surface area contributed by atoms with Gasteiger partial charge in [0, 0.05) is 17.3 Å². The number of anilines is 1. The number of nitrogens with one attached hydrogen (secondary N) is 2. The second-order valence-corrected chi connectivity index (χ2v) is 8.13. The lowest BCUT2D eigenvalue weighted by Crippen LogP contribution is -2.36. The average molecular weight is 413 g/mol. The molecule has 2 amide bonds. The van der Waals surface area contributed by atoms with Gasteiger partial charge in [-0.25, -0.2) is 0 Å². The largest absolute Gasteiger partial charge is 0.349 e. The van der Waals surface area contributed by atoms with Crippen LogP contribution >= 0.6 is 0 Å². The van der Waals surface area contributed by atoms with Crippen LogP contribution in [0.5, 0.6) is 0 Å². The Hall–Kier alpha value is -3.40. The van der Waals surface area contributed by atoms with Crippen molar-refractivity contribution < 1.29 is 9.59 Å². The summed E-state index contributed by atoms with van der Waals surface area (Å²) in [5.41, 5.74) is 3.05. The van der Waals surface area contributed by atoms with Crippen molar-refractivity contribution in [2.45, 2.75) is 44.1 Å². The van der Waals surface area contributed by atoms with Gasteiger partial charge < -0.3 is 10.6 Å². The molecule has 0 aromatic heterocycles. The van der Waals surface area contributed by atoms with E-state index in [4.69, 9.17) is 0 Å². The van der Waals surface area contributed by atoms with E-state index in [9.17, 15) is 9.59 Å². The summed E-state index contributed by atoms with van der Waals surface area (Å²) >= 11 is 0. The molecule has 1 aliphatic carbocycles. The van der Waals surface area contributed by atoms with Crippen molar-refractivity contribution in [2.24, 2.45) is 0 Å². The van der Waals surface area contributed by atoms with Crippen LogP contribution in [-0.2, 0) is 4.79 Å². The summed E-state index contributed by atoms with van der Waals surface area (Å²) < 4.78 is 0. The molecule has 31 heavy (non-hydrogen) atoms. The van der Waals surface area contributed by atoms with E-state index in [0.29, 0.717) is 11.3 Å². The molecule has 0 bridgehead atoms. The monoisotopic (exact) mass is 412 g/mol. The van der Waals surface area contributed by atoms with Gasteiger partial charge in [-0.3, -0.25) is 9.59 Å². The minimum absolute atomic E-state index is 0.0781. The van der Waals surface area contributed by atoms with Gasteiger partial charge in [0.2, 0.25) is 5.91 Å². The highest BCUT2D eigenvalue weighted by Crippen LogP contribution is 2.26. The first kappa shape index (κ1) is 20.9. The molecule has 4 nitrogen and oxygen atoms in total. The highest BCUT2D eigenvalue weighted by molar-refractivity contribution is 6.00. The summed E-state index contributed by atoms with van der Waals surface area (Å²) in [6.07, 6.45) is 5.66. The molecule has 0 unspecified atom stereocenters. The maximum absolute atomic E-state index is 13.3. The number of hydrogen-bond donors (Lipinski definition) is 2. The lowest BCUT2D eigenvalue weighted by molar-refractivity contribution is -0.116. The zero-order valence-electron chi connectivity index (χ0n) is 17.6. The summed E-state index contributed by atoms with van der Waals surface area (Å²) in [5.74, 6) is -0.630. The van der Waals surface area contributed by atoms with E-state index in [-0.39, 0.29) is 17.9 Å². The van der Waals surface area contributed by atoms with Crippen LogP contribution in [0.15, 0.2) is 84.9 Å². The average Bonchev–Trinajstić information content (AvgIpc) is 2.81. The molecule has 0 atom stereocenters. The summed E-state index contributed by atoms with van der Waals surface area (Å²) in [7, 11) is 0. The smallest absolute Gasteiger partial charge is 0.251 e. The minimum atomic E-state index is -0.429.